The van der Waals surface area contributed by atoms with Crippen molar-refractivity contribution in [2.24, 2.45) is 0 Å². The highest BCUT2D eigenvalue weighted by atomic mass is 16.5. The van der Waals surface area contributed by atoms with Crippen molar-refractivity contribution in [3.8, 4) is 11.5 Å². The fourth-order valence-corrected chi connectivity index (χ4v) is 2.81. The van der Waals surface area contributed by atoms with E-state index in [2.05, 4.69) is 15.1 Å². The summed E-state index contributed by atoms with van der Waals surface area (Å²) in [5.41, 5.74) is 1.33. The minimum Gasteiger partial charge on any atom is -0.711 e. The molecular formula is C19H17N5O4. The molecule has 4 aromatic heterocycles. The maximum Gasteiger partial charge on any atom is 0.339 e. The van der Waals surface area contributed by atoms with Crippen LogP contribution in [0.15, 0.2) is 53.5 Å². The van der Waals surface area contributed by atoms with Gasteiger partial charge in [0.2, 0.25) is 0 Å². The molecule has 142 valence electrons. The fraction of sp³-hybridized carbons (Fsp3) is 0.211. The minimum absolute atomic E-state index is 0.0497. The average Bonchev–Trinajstić information content (AvgIpc) is 3.36. The molecule has 0 aliphatic heterocycles. The quantitative estimate of drug-likeness (QED) is 0.298. The molecule has 4 rings (SSSR count). The van der Waals surface area contributed by atoms with Crippen molar-refractivity contribution in [1.29, 1.82) is 0 Å². The first-order valence-corrected chi connectivity index (χ1v) is 8.67. The largest absolute Gasteiger partial charge is 0.711 e. The highest BCUT2D eigenvalue weighted by Gasteiger charge is 2.21. The lowest BCUT2D eigenvalue weighted by molar-refractivity contribution is -0.620. The van der Waals surface area contributed by atoms with Crippen molar-refractivity contribution in [2.45, 2.75) is 26.5 Å². The van der Waals surface area contributed by atoms with Crippen molar-refractivity contribution in [1.82, 2.24) is 19.7 Å². The molecule has 0 N–H and O–H groups in total. The number of hydrogen-bond donors (Lipinski definition) is 0. The van der Waals surface area contributed by atoms with Crippen LogP contribution in [0.5, 0.6) is 0 Å². The van der Waals surface area contributed by atoms with E-state index < -0.39 is 5.97 Å². The van der Waals surface area contributed by atoms with Gasteiger partial charge in [0.15, 0.2) is 18.0 Å². The van der Waals surface area contributed by atoms with E-state index in [1.807, 2.05) is 13.8 Å². The van der Waals surface area contributed by atoms with E-state index in [0.29, 0.717) is 27.2 Å². The van der Waals surface area contributed by atoms with Gasteiger partial charge in [-0.15, -0.1) is 0 Å². The molecular weight excluding hydrogens is 362 g/mol. The number of furan rings is 1. The Morgan fingerprint density at radius 3 is 2.96 bits per heavy atom. The monoisotopic (exact) mass is 379 g/mol. The number of nitrogens with zero attached hydrogens (tertiary/aromatic N) is 5. The highest BCUT2D eigenvalue weighted by Crippen LogP contribution is 2.27. The lowest BCUT2D eigenvalue weighted by Gasteiger charge is -2.10. The number of hydrogen-bond acceptors (Lipinski definition) is 7. The molecule has 0 aliphatic rings. The highest BCUT2D eigenvalue weighted by molar-refractivity contribution is 6.03. The summed E-state index contributed by atoms with van der Waals surface area (Å²) in [5, 5.41) is 16.6. The zero-order valence-corrected chi connectivity index (χ0v) is 15.3. The molecule has 0 spiro atoms. The van der Waals surface area contributed by atoms with Crippen molar-refractivity contribution in [3.05, 3.63) is 65.7 Å². The Hall–Kier alpha value is -3.75. The number of carbonyl (C=O) groups excluding carboxylic acids is 1. The smallest absolute Gasteiger partial charge is 0.339 e. The second kappa shape index (κ2) is 7.10. The van der Waals surface area contributed by atoms with Crippen molar-refractivity contribution >= 4 is 17.0 Å². The summed E-state index contributed by atoms with van der Waals surface area (Å²) in [6.45, 7) is 3.70. The van der Waals surface area contributed by atoms with Crippen LogP contribution < -0.4 is 4.73 Å². The Morgan fingerprint density at radius 2 is 2.25 bits per heavy atom. The van der Waals surface area contributed by atoms with Gasteiger partial charge in [-0.2, -0.15) is 5.10 Å². The van der Waals surface area contributed by atoms with Gasteiger partial charge in [0, 0.05) is 12.1 Å². The van der Waals surface area contributed by atoms with Crippen LogP contribution in [0.4, 0.5) is 0 Å². The number of ether oxygens (including phenoxy) is 1. The summed E-state index contributed by atoms with van der Waals surface area (Å²) in [7, 11) is 0. The Kier molecular flexibility index (Phi) is 4.48. The third-order valence-corrected chi connectivity index (χ3v) is 4.17. The van der Waals surface area contributed by atoms with Gasteiger partial charge in [-0.3, -0.25) is 0 Å². The summed E-state index contributed by atoms with van der Waals surface area (Å²) in [4.78, 5) is 21.3. The molecule has 0 atom stereocenters. The molecule has 0 amide bonds. The standard InChI is InChI=1S/C19H17N5O4/c1-12(2)24-18-14(10-21-24)13(9-15(22-18)16-5-3-8-27-16)19(25)28-11-17-20-6-4-7-23(17)26/h3-10,12H,11H2,1-2H3. The van der Waals surface area contributed by atoms with Crippen LogP contribution in [0.25, 0.3) is 22.5 Å². The van der Waals surface area contributed by atoms with Gasteiger partial charge in [-0.1, -0.05) is 0 Å². The first-order chi connectivity index (χ1) is 13.5. The molecule has 28 heavy (non-hydrogen) atoms. The number of esters is 1. The predicted octanol–water partition coefficient (Wildman–Crippen LogP) is 2.66. The van der Waals surface area contributed by atoms with Gasteiger partial charge in [0.05, 0.1) is 29.6 Å². The summed E-state index contributed by atoms with van der Waals surface area (Å²) >= 11 is 0. The second-order valence-electron chi connectivity index (χ2n) is 6.39. The van der Waals surface area contributed by atoms with E-state index in [0.717, 1.165) is 0 Å². The summed E-state index contributed by atoms with van der Waals surface area (Å²) in [6.07, 6.45) is 5.87. The van der Waals surface area contributed by atoms with Crippen LogP contribution >= 0.6 is 0 Å². The predicted molar refractivity (Wildman–Crippen MR) is 97.9 cm³/mol. The molecule has 0 saturated carbocycles. The van der Waals surface area contributed by atoms with Crippen LogP contribution in [0.3, 0.4) is 0 Å². The van der Waals surface area contributed by atoms with Crippen molar-refractivity contribution < 1.29 is 18.7 Å². The zero-order chi connectivity index (χ0) is 19.7. The third-order valence-electron chi connectivity index (χ3n) is 4.17. The lowest BCUT2D eigenvalue weighted by atomic mass is 10.1. The minimum atomic E-state index is -0.603. The number of rotatable bonds is 5. The van der Waals surface area contributed by atoms with E-state index in [9.17, 15) is 10.0 Å². The van der Waals surface area contributed by atoms with E-state index in [1.165, 1.54) is 24.7 Å². The van der Waals surface area contributed by atoms with Crippen molar-refractivity contribution in [3.63, 3.8) is 0 Å². The molecule has 0 saturated heterocycles. The first-order valence-electron chi connectivity index (χ1n) is 8.67. The number of fused-ring (bicyclic) bond motifs is 1. The SMILES string of the molecule is CC(C)n1ncc2c(C(=O)OCc3nccc[n+]3[O-])cc(-c3ccco3)nc21. The van der Waals surface area contributed by atoms with Gasteiger partial charge in [-0.25, -0.2) is 19.2 Å². The molecule has 0 aliphatic carbocycles. The number of pyridine rings is 1. The zero-order valence-electron chi connectivity index (χ0n) is 15.3. The van der Waals surface area contributed by atoms with E-state index >= 15 is 0 Å². The molecule has 0 bridgehead atoms. The molecule has 9 heteroatoms. The van der Waals surface area contributed by atoms with Crippen LogP contribution in [0.1, 0.15) is 36.1 Å². The lowest BCUT2D eigenvalue weighted by Crippen LogP contribution is -2.33. The summed E-state index contributed by atoms with van der Waals surface area (Å²) < 4.78 is 13.0. The molecule has 4 aromatic rings. The molecule has 4 heterocycles. The Morgan fingerprint density at radius 1 is 1.39 bits per heavy atom. The van der Waals surface area contributed by atoms with Gasteiger partial charge < -0.3 is 14.4 Å². The van der Waals surface area contributed by atoms with E-state index in [1.54, 1.807) is 29.1 Å². The number of aromatic nitrogens is 5. The Labute approximate surface area is 159 Å². The first kappa shape index (κ1) is 17.7. The molecule has 0 aromatic carbocycles. The van der Waals surface area contributed by atoms with Gasteiger partial charge in [-0.05, 0) is 37.0 Å². The van der Waals surface area contributed by atoms with Crippen LogP contribution in [-0.2, 0) is 11.3 Å². The third kappa shape index (κ3) is 3.18. The van der Waals surface area contributed by atoms with Crippen LogP contribution in [-0.4, -0.2) is 25.7 Å². The second-order valence-corrected chi connectivity index (χ2v) is 6.39. The van der Waals surface area contributed by atoms with E-state index in [4.69, 9.17) is 9.15 Å². The molecule has 0 fully saturated rings. The average molecular weight is 379 g/mol. The Balaban J connectivity index is 1.74. The molecule has 0 unspecified atom stereocenters. The maximum absolute atomic E-state index is 12.8. The van der Waals surface area contributed by atoms with Crippen molar-refractivity contribution in [2.75, 3.05) is 0 Å². The van der Waals surface area contributed by atoms with Gasteiger partial charge in [0.25, 0.3) is 0 Å². The normalized spacial score (nSPS) is 11.2. The summed E-state index contributed by atoms with van der Waals surface area (Å²) in [6, 6.07) is 6.65. The van der Waals surface area contributed by atoms with Gasteiger partial charge in [0.1, 0.15) is 11.9 Å². The topological polar surface area (TPSA) is 110 Å². The van der Waals surface area contributed by atoms with Crippen LogP contribution in [0, 0.1) is 5.21 Å². The summed E-state index contributed by atoms with van der Waals surface area (Å²) in [5.74, 6) is 0.00836. The van der Waals surface area contributed by atoms with Crippen LogP contribution in [0.2, 0.25) is 0 Å². The number of carbonyl (C=O) groups is 1. The van der Waals surface area contributed by atoms with Gasteiger partial charge >= 0.3 is 11.8 Å². The molecule has 0 radical (unpaired) electrons. The van der Waals surface area contributed by atoms with E-state index in [-0.39, 0.29) is 24.0 Å². The maximum atomic E-state index is 12.8. The fourth-order valence-electron chi connectivity index (χ4n) is 2.81. The molecule has 9 nitrogen and oxygen atoms in total. The Bertz CT molecular complexity index is 1130.